The number of epoxide rings is 1. The molecule has 0 unspecified atom stereocenters. The topological polar surface area (TPSA) is 165 Å². The number of Topliss-reactive ketones (excluding diaryl/α,β-unsaturated/α-hetero) is 1. The molecule has 2 saturated heterocycles. The Balaban J connectivity index is 1.44. The second-order valence-electron chi connectivity index (χ2n) is 13.9. The second-order valence-corrected chi connectivity index (χ2v) is 13.9. The van der Waals surface area contributed by atoms with Crippen molar-refractivity contribution in [3.05, 3.63) is 24.2 Å². The average molecular weight is 575 g/mol. The number of esters is 2. The Kier molecular flexibility index (Phi) is 5.50. The fourth-order valence-electron chi connectivity index (χ4n) is 11.0. The monoisotopic (exact) mass is 574 g/mol. The Labute approximate surface area is 237 Å². The van der Waals surface area contributed by atoms with Crippen LogP contribution in [0.1, 0.15) is 65.4 Å². The highest BCUT2D eigenvalue weighted by molar-refractivity contribution is 5.93. The van der Waals surface area contributed by atoms with Gasteiger partial charge in [-0.1, -0.05) is 20.8 Å². The molecule has 6 aliphatic rings. The van der Waals surface area contributed by atoms with E-state index in [1.807, 2.05) is 19.9 Å². The minimum atomic E-state index is -1.36. The fourth-order valence-corrected chi connectivity index (χ4v) is 11.0. The molecule has 4 aliphatic carbocycles. The number of furan rings is 1. The lowest BCUT2D eigenvalue weighted by atomic mass is 9.33. The zero-order chi connectivity index (χ0) is 29.5. The van der Waals surface area contributed by atoms with Gasteiger partial charge in [0.25, 0.3) is 0 Å². The van der Waals surface area contributed by atoms with Crippen LogP contribution < -0.4 is 0 Å². The molecule has 4 saturated carbocycles. The van der Waals surface area contributed by atoms with Crippen molar-refractivity contribution >= 4 is 17.7 Å². The predicted molar refractivity (Wildman–Crippen MR) is 137 cm³/mol. The van der Waals surface area contributed by atoms with Crippen molar-refractivity contribution in [1.82, 2.24) is 0 Å². The smallest absolute Gasteiger partial charge is 0.303 e. The maximum absolute atomic E-state index is 15.0. The highest BCUT2D eigenvalue weighted by Gasteiger charge is 2.92. The van der Waals surface area contributed by atoms with Gasteiger partial charge in [-0.3, -0.25) is 14.4 Å². The first-order valence-electron chi connectivity index (χ1n) is 14.5. The number of carbonyl (C=O) groups is 3. The molecular weight excluding hydrogens is 536 g/mol. The minimum Gasteiger partial charge on any atom is -0.472 e. The van der Waals surface area contributed by atoms with Gasteiger partial charge in [-0.05, 0) is 30.4 Å². The summed E-state index contributed by atoms with van der Waals surface area (Å²) in [6, 6.07) is 1.84. The summed E-state index contributed by atoms with van der Waals surface area (Å²) in [6.45, 7) is 7.85. The molecule has 0 radical (unpaired) electrons. The van der Waals surface area contributed by atoms with Crippen LogP contribution in [0.2, 0.25) is 0 Å². The summed E-state index contributed by atoms with van der Waals surface area (Å²) in [5.74, 6) is -3.56. The maximum atomic E-state index is 15.0. The molecule has 11 nitrogen and oxygen atoms in total. The molecule has 1 aromatic heterocycles. The average Bonchev–Trinajstić information content (AvgIpc) is 3.26. The lowest BCUT2D eigenvalue weighted by molar-refractivity contribution is -0.373. The van der Waals surface area contributed by atoms with Gasteiger partial charge in [0.1, 0.15) is 11.7 Å². The Morgan fingerprint density at radius 3 is 2.32 bits per heavy atom. The van der Waals surface area contributed by atoms with E-state index >= 15 is 4.79 Å². The molecule has 224 valence electrons. The molecular formula is C30H38O11. The number of fused-ring (bicyclic) bond motifs is 1. The summed E-state index contributed by atoms with van der Waals surface area (Å²) < 4.78 is 29.5. The predicted octanol–water partition coefficient (Wildman–Crippen LogP) is 1.47. The van der Waals surface area contributed by atoms with E-state index in [0.29, 0.717) is 6.42 Å². The van der Waals surface area contributed by atoms with Crippen LogP contribution >= 0.6 is 0 Å². The van der Waals surface area contributed by atoms with Gasteiger partial charge in [-0.2, -0.15) is 0 Å². The van der Waals surface area contributed by atoms with Gasteiger partial charge >= 0.3 is 11.9 Å². The molecule has 3 N–H and O–H groups in total. The molecule has 14 atom stereocenters. The first-order chi connectivity index (χ1) is 19.2. The molecule has 2 aliphatic heterocycles. The summed E-state index contributed by atoms with van der Waals surface area (Å²) in [6.07, 6.45) is -2.27. The number of aliphatic hydroxyl groups is 3. The van der Waals surface area contributed by atoms with E-state index in [2.05, 4.69) is 0 Å². The number of ketones is 1. The van der Waals surface area contributed by atoms with Crippen LogP contribution in [0.3, 0.4) is 0 Å². The molecule has 41 heavy (non-hydrogen) atoms. The van der Waals surface area contributed by atoms with Crippen LogP contribution in [0.15, 0.2) is 23.0 Å². The largest absolute Gasteiger partial charge is 0.472 e. The maximum Gasteiger partial charge on any atom is 0.303 e. The zero-order valence-electron chi connectivity index (χ0n) is 23.9. The van der Waals surface area contributed by atoms with Crippen LogP contribution in [-0.2, 0) is 33.3 Å². The molecule has 6 fully saturated rings. The number of hydrogen-bond donors (Lipinski definition) is 3. The standard InChI is InChI=1S/C30H38O11/c1-13(31)39-20-10-19(34)29-12-38-25(36)26(20,3)17(29)9-18(33)28(5)23(29)22(35)24(40-14(2)32)27(4)16(15-6-7-37-11-15)8-21-30(27,28)41-21/h6-7,11,16-21,23-25,33-34,36H,8-10,12H2,1-5H3/t16-,17-,18-,19+,20-,21-,23-,24+,25-,26-,27-,28+,29+,30+/m1/s1. The highest BCUT2D eigenvalue weighted by Crippen LogP contribution is 2.82. The van der Waals surface area contributed by atoms with E-state index in [1.54, 1.807) is 19.5 Å². The Morgan fingerprint density at radius 2 is 1.68 bits per heavy atom. The van der Waals surface area contributed by atoms with Gasteiger partial charge < -0.3 is 38.7 Å². The van der Waals surface area contributed by atoms with Gasteiger partial charge in [0.2, 0.25) is 0 Å². The van der Waals surface area contributed by atoms with Crippen LogP contribution in [0, 0.1) is 33.5 Å². The van der Waals surface area contributed by atoms with Gasteiger partial charge in [0.15, 0.2) is 18.2 Å². The molecule has 0 aromatic carbocycles. The van der Waals surface area contributed by atoms with Crippen molar-refractivity contribution in [1.29, 1.82) is 0 Å². The van der Waals surface area contributed by atoms with E-state index in [0.717, 1.165) is 5.56 Å². The SMILES string of the molecule is CC(=O)O[C@@H]1C[C@H](O)[C@]23CO[C@@H](O)[C@]1(C)[C@H]2C[C@@H](O)[C@@]1(C)[C@H]3C(=O)[C@H](OC(C)=O)[C@@]2(C)[C@@H](c3ccoc3)C[C@H]3O[C@]312. The van der Waals surface area contributed by atoms with Gasteiger partial charge in [0.05, 0.1) is 48.3 Å². The van der Waals surface area contributed by atoms with Gasteiger partial charge in [-0.25, -0.2) is 0 Å². The Hall–Kier alpha value is -2.31. The van der Waals surface area contributed by atoms with Crippen molar-refractivity contribution in [2.75, 3.05) is 6.61 Å². The lowest BCUT2D eigenvalue weighted by Crippen LogP contribution is -2.82. The molecule has 2 bridgehead atoms. The van der Waals surface area contributed by atoms with E-state index < -0.39 is 87.5 Å². The Morgan fingerprint density at radius 1 is 0.976 bits per heavy atom. The third-order valence-corrected chi connectivity index (χ3v) is 12.6. The summed E-state index contributed by atoms with van der Waals surface area (Å²) >= 11 is 0. The number of carbonyl (C=O) groups excluding carboxylic acids is 3. The van der Waals surface area contributed by atoms with Gasteiger partial charge in [-0.15, -0.1) is 0 Å². The highest BCUT2D eigenvalue weighted by atomic mass is 16.6. The van der Waals surface area contributed by atoms with Crippen molar-refractivity contribution in [3.63, 3.8) is 0 Å². The third-order valence-electron chi connectivity index (χ3n) is 12.6. The van der Waals surface area contributed by atoms with Crippen molar-refractivity contribution in [2.24, 2.45) is 33.5 Å². The van der Waals surface area contributed by atoms with E-state index in [1.165, 1.54) is 13.8 Å². The third kappa shape index (κ3) is 2.85. The fraction of sp³-hybridized carbons (Fsp3) is 0.767. The molecule has 0 amide bonds. The molecule has 7 rings (SSSR count). The number of rotatable bonds is 3. The van der Waals surface area contributed by atoms with Crippen molar-refractivity contribution in [3.8, 4) is 0 Å². The van der Waals surface area contributed by atoms with E-state index in [4.69, 9.17) is 23.4 Å². The zero-order valence-corrected chi connectivity index (χ0v) is 23.9. The van der Waals surface area contributed by atoms with Crippen molar-refractivity contribution in [2.45, 2.75) is 102 Å². The minimum absolute atomic E-state index is 0.0205. The van der Waals surface area contributed by atoms with Gasteiger partial charge in [0, 0.05) is 42.9 Å². The van der Waals surface area contributed by atoms with E-state index in [-0.39, 0.29) is 31.5 Å². The number of ether oxygens (including phenoxy) is 4. The molecule has 11 heteroatoms. The normalized spacial score (nSPS) is 54.7. The number of hydrogen-bond acceptors (Lipinski definition) is 11. The van der Waals surface area contributed by atoms with E-state index in [9.17, 15) is 24.9 Å². The van der Waals surface area contributed by atoms with Crippen molar-refractivity contribution < 1.29 is 53.1 Å². The summed E-state index contributed by atoms with van der Waals surface area (Å²) in [5.41, 5.74) is -4.93. The number of aliphatic hydroxyl groups excluding tert-OH is 3. The van der Waals surface area contributed by atoms with Crippen LogP contribution in [0.25, 0.3) is 0 Å². The summed E-state index contributed by atoms with van der Waals surface area (Å²) in [7, 11) is 0. The first-order valence-corrected chi connectivity index (χ1v) is 14.5. The van der Waals surface area contributed by atoms with Crippen LogP contribution in [0.4, 0.5) is 0 Å². The van der Waals surface area contributed by atoms with Crippen LogP contribution in [-0.4, -0.2) is 82.1 Å². The first kappa shape index (κ1) is 27.5. The lowest BCUT2D eigenvalue weighted by Gasteiger charge is -2.73. The second kappa shape index (κ2) is 8.19. The summed E-state index contributed by atoms with van der Waals surface area (Å²) in [4.78, 5) is 39.7. The quantitative estimate of drug-likeness (QED) is 0.354. The Bertz CT molecular complexity index is 1310. The molecule has 3 heterocycles. The molecule has 1 aromatic rings. The van der Waals surface area contributed by atoms with Crippen LogP contribution in [0.5, 0.6) is 0 Å². The molecule has 1 spiro atoms. The summed E-state index contributed by atoms with van der Waals surface area (Å²) in [5, 5.41) is 35.4.